The van der Waals surface area contributed by atoms with Crippen molar-refractivity contribution < 1.29 is 14.7 Å². The Bertz CT molecular complexity index is 344. The van der Waals surface area contributed by atoms with Gasteiger partial charge in [0.1, 0.15) is 0 Å². The van der Waals surface area contributed by atoms with Gasteiger partial charge < -0.3 is 5.11 Å². The molecule has 4 heteroatoms. The van der Waals surface area contributed by atoms with Gasteiger partial charge in [-0.3, -0.25) is 14.5 Å². The first kappa shape index (κ1) is 13.5. The van der Waals surface area contributed by atoms with Crippen LogP contribution < -0.4 is 0 Å². The lowest BCUT2D eigenvalue weighted by Crippen LogP contribution is -2.50. The third-order valence-electron chi connectivity index (χ3n) is 4.83. The van der Waals surface area contributed by atoms with Gasteiger partial charge in [0, 0.05) is 12.1 Å². The number of carbonyl (C=O) groups is 2. The minimum absolute atomic E-state index is 0.00708. The van der Waals surface area contributed by atoms with E-state index in [2.05, 4.69) is 6.92 Å². The van der Waals surface area contributed by atoms with Gasteiger partial charge in [-0.2, -0.15) is 0 Å². The number of aliphatic hydroxyl groups is 1. The summed E-state index contributed by atoms with van der Waals surface area (Å²) in [4.78, 5) is 26.4. The maximum atomic E-state index is 12.4. The molecule has 3 unspecified atom stereocenters. The Morgan fingerprint density at radius 1 is 1.28 bits per heavy atom. The Morgan fingerprint density at radius 2 is 1.78 bits per heavy atom. The van der Waals surface area contributed by atoms with Gasteiger partial charge in [-0.05, 0) is 38.5 Å². The SMILES string of the molecule is CCC(C)(CCO)N1C(=O)C2CC(C)CC2C1=O. The monoisotopic (exact) mass is 253 g/mol. The highest BCUT2D eigenvalue weighted by Crippen LogP contribution is 2.45. The smallest absolute Gasteiger partial charge is 0.233 e. The largest absolute Gasteiger partial charge is 0.396 e. The van der Waals surface area contributed by atoms with E-state index in [0.717, 1.165) is 12.8 Å². The number of aliphatic hydroxyl groups excluding tert-OH is 1. The summed E-state index contributed by atoms with van der Waals surface area (Å²) in [6, 6.07) is 0. The highest BCUT2D eigenvalue weighted by atomic mass is 16.3. The van der Waals surface area contributed by atoms with Crippen LogP contribution >= 0.6 is 0 Å². The predicted octanol–water partition coefficient (Wildman–Crippen LogP) is 1.57. The van der Waals surface area contributed by atoms with E-state index in [9.17, 15) is 9.59 Å². The number of fused-ring (bicyclic) bond motifs is 1. The van der Waals surface area contributed by atoms with E-state index >= 15 is 0 Å². The van der Waals surface area contributed by atoms with Crippen LogP contribution in [0.5, 0.6) is 0 Å². The summed E-state index contributed by atoms with van der Waals surface area (Å²) in [6.07, 6.45) is 2.84. The first-order chi connectivity index (χ1) is 8.44. The molecule has 0 aromatic carbocycles. The number of hydrogen-bond acceptors (Lipinski definition) is 3. The molecule has 1 aliphatic heterocycles. The van der Waals surface area contributed by atoms with E-state index in [1.807, 2.05) is 13.8 Å². The first-order valence-corrected chi connectivity index (χ1v) is 6.93. The maximum Gasteiger partial charge on any atom is 0.233 e. The van der Waals surface area contributed by atoms with Crippen molar-refractivity contribution in [2.75, 3.05) is 6.61 Å². The van der Waals surface area contributed by atoms with Gasteiger partial charge in [0.15, 0.2) is 0 Å². The second-order valence-electron chi connectivity index (χ2n) is 6.13. The molecule has 0 spiro atoms. The van der Waals surface area contributed by atoms with Crippen molar-refractivity contribution in [3.63, 3.8) is 0 Å². The zero-order valence-corrected chi connectivity index (χ0v) is 11.5. The molecule has 1 saturated heterocycles. The summed E-state index contributed by atoms with van der Waals surface area (Å²) in [5.74, 6) is 0.259. The van der Waals surface area contributed by atoms with Crippen LogP contribution in [0.3, 0.4) is 0 Å². The summed E-state index contributed by atoms with van der Waals surface area (Å²) in [5.41, 5.74) is -0.517. The van der Waals surface area contributed by atoms with E-state index < -0.39 is 5.54 Å². The van der Waals surface area contributed by atoms with Crippen LogP contribution in [0, 0.1) is 17.8 Å². The van der Waals surface area contributed by atoms with Crippen molar-refractivity contribution in [2.45, 2.75) is 52.0 Å². The molecular weight excluding hydrogens is 230 g/mol. The zero-order chi connectivity index (χ0) is 13.5. The van der Waals surface area contributed by atoms with Crippen molar-refractivity contribution in [1.29, 1.82) is 0 Å². The number of amides is 2. The second kappa shape index (κ2) is 4.65. The molecule has 1 N–H and O–H groups in total. The van der Waals surface area contributed by atoms with Crippen molar-refractivity contribution in [1.82, 2.24) is 4.90 Å². The Labute approximate surface area is 108 Å². The third-order valence-corrected chi connectivity index (χ3v) is 4.83. The average molecular weight is 253 g/mol. The van der Waals surface area contributed by atoms with Crippen LogP contribution in [0.25, 0.3) is 0 Å². The molecule has 1 saturated carbocycles. The van der Waals surface area contributed by atoms with Gasteiger partial charge >= 0.3 is 0 Å². The van der Waals surface area contributed by atoms with Gasteiger partial charge in [0.05, 0.1) is 11.8 Å². The molecule has 0 aromatic rings. The fourth-order valence-electron chi connectivity index (χ4n) is 3.50. The lowest BCUT2D eigenvalue weighted by Gasteiger charge is -2.37. The van der Waals surface area contributed by atoms with Crippen LogP contribution in [0.1, 0.15) is 46.5 Å². The quantitative estimate of drug-likeness (QED) is 0.774. The molecule has 102 valence electrons. The summed E-state index contributed by atoms with van der Waals surface area (Å²) in [7, 11) is 0. The molecule has 2 aliphatic rings. The molecule has 2 rings (SSSR count). The molecule has 3 atom stereocenters. The van der Waals surface area contributed by atoms with E-state index in [1.54, 1.807) is 0 Å². The normalized spacial score (nSPS) is 34.9. The summed E-state index contributed by atoms with van der Waals surface area (Å²) < 4.78 is 0. The second-order valence-corrected chi connectivity index (χ2v) is 6.13. The van der Waals surface area contributed by atoms with E-state index in [4.69, 9.17) is 5.11 Å². The third kappa shape index (κ3) is 1.87. The number of rotatable bonds is 4. The molecule has 18 heavy (non-hydrogen) atoms. The number of carbonyl (C=O) groups excluding carboxylic acids is 2. The Kier molecular flexibility index (Phi) is 3.49. The highest BCUT2D eigenvalue weighted by Gasteiger charge is 2.55. The van der Waals surface area contributed by atoms with Crippen molar-refractivity contribution >= 4 is 11.8 Å². The zero-order valence-electron chi connectivity index (χ0n) is 11.5. The summed E-state index contributed by atoms with van der Waals surface area (Å²) >= 11 is 0. The minimum Gasteiger partial charge on any atom is -0.396 e. The van der Waals surface area contributed by atoms with E-state index in [0.29, 0.717) is 18.8 Å². The van der Waals surface area contributed by atoms with Crippen LogP contribution in [-0.4, -0.2) is 34.0 Å². The van der Waals surface area contributed by atoms with Crippen molar-refractivity contribution in [3.05, 3.63) is 0 Å². The highest BCUT2D eigenvalue weighted by molar-refractivity contribution is 6.06. The molecule has 2 amide bonds. The number of likely N-dealkylation sites (tertiary alicyclic amines) is 1. The number of hydrogen-bond donors (Lipinski definition) is 1. The number of nitrogens with zero attached hydrogens (tertiary/aromatic N) is 1. The molecule has 4 nitrogen and oxygen atoms in total. The van der Waals surface area contributed by atoms with Gasteiger partial charge in [-0.1, -0.05) is 13.8 Å². The fourth-order valence-corrected chi connectivity index (χ4v) is 3.50. The van der Waals surface area contributed by atoms with Gasteiger partial charge in [0.25, 0.3) is 0 Å². The topological polar surface area (TPSA) is 57.6 Å². The van der Waals surface area contributed by atoms with E-state index in [1.165, 1.54) is 4.90 Å². The Hall–Kier alpha value is -0.900. The Morgan fingerprint density at radius 3 is 2.17 bits per heavy atom. The number of imide groups is 1. The first-order valence-electron chi connectivity index (χ1n) is 6.93. The van der Waals surface area contributed by atoms with Crippen molar-refractivity contribution in [2.24, 2.45) is 17.8 Å². The molecule has 1 aliphatic carbocycles. The van der Waals surface area contributed by atoms with Crippen molar-refractivity contribution in [3.8, 4) is 0 Å². The van der Waals surface area contributed by atoms with E-state index in [-0.39, 0.29) is 30.3 Å². The minimum atomic E-state index is -0.517. The average Bonchev–Trinajstić information content (AvgIpc) is 2.80. The maximum absolute atomic E-state index is 12.4. The van der Waals surface area contributed by atoms with Crippen LogP contribution in [-0.2, 0) is 9.59 Å². The molecule has 1 heterocycles. The molecular formula is C14H23NO3. The van der Waals surface area contributed by atoms with Crippen LogP contribution in [0.15, 0.2) is 0 Å². The molecule has 0 radical (unpaired) electrons. The van der Waals surface area contributed by atoms with Gasteiger partial charge in [0.2, 0.25) is 11.8 Å². The lowest BCUT2D eigenvalue weighted by molar-refractivity contribution is -0.148. The Balaban J connectivity index is 2.26. The molecule has 0 bridgehead atoms. The fraction of sp³-hybridized carbons (Fsp3) is 0.857. The van der Waals surface area contributed by atoms with Gasteiger partial charge in [-0.25, -0.2) is 0 Å². The van der Waals surface area contributed by atoms with Gasteiger partial charge in [-0.15, -0.1) is 0 Å². The van der Waals surface area contributed by atoms with Crippen LogP contribution in [0.4, 0.5) is 0 Å². The summed E-state index contributed by atoms with van der Waals surface area (Å²) in [6.45, 7) is 5.99. The predicted molar refractivity (Wildman–Crippen MR) is 67.6 cm³/mol. The summed E-state index contributed by atoms with van der Waals surface area (Å²) in [5, 5.41) is 9.16. The molecule has 2 fully saturated rings. The standard InChI is InChI=1S/C14H23NO3/c1-4-14(3,5-6-16)15-12(17)10-7-9(2)8-11(10)13(15)18/h9-11,16H,4-8H2,1-3H3. The molecule has 0 aromatic heterocycles. The lowest BCUT2D eigenvalue weighted by atomic mass is 9.92. The van der Waals surface area contributed by atoms with Crippen LogP contribution in [0.2, 0.25) is 0 Å².